The Morgan fingerprint density at radius 2 is 2.35 bits per heavy atom. The van der Waals surface area contributed by atoms with Gasteiger partial charge in [-0.15, -0.1) is 6.42 Å². The molecule has 0 aliphatic heterocycles. The van der Waals surface area contributed by atoms with Crippen LogP contribution in [0.25, 0.3) is 0 Å². The molecule has 0 bridgehead atoms. The zero-order valence-electron chi connectivity index (χ0n) is 10.0. The standard InChI is InChI=1S/C12H16N2O3/c1-4-8-16-9-5-12(2,3)17-11(15)14-7-6-13-10-14/h1,6-7,10H,5,8-9H2,2-3H3. The average molecular weight is 236 g/mol. The van der Waals surface area contributed by atoms with Crippen LogP contribution in [0.15, 0.2) is 18.7 Å². The highest BCUT2D eigenvalue weighted by Gasteiger charge is 2.23. The Morgan fingerprint density at radius 1 is 1.59 bits per heavy atom. The molecular weight excluding hydrogens is 220 g/mol. The molecule has 17 heavy (non-hydrogen) atoms. The predicted molar refractivity (Wildman–Crippen MR) is 62.5 cm³/mol. The predicted octanol–water partition coefficient (Wildman–Crippen LogP) is 1.69. The smallest absolute Gasteiger partial charge is 0.419 e. The van der Waals surface area contributed by atoms with E-state index >= 15 is 0 Å². The van der Waals surface area contributed by atoms with Crippen molar-refractivity contribution in [1.82, 2.24) is 9.55 Å². The van der Waals surface area contributed by atoms with Gasteiger partial charge >= 0.3 is 6.09 Å². The van der Waals surface area contributed by atoms with Crippen molar-refractivity contribution in [3.05, 3.63) is 18.7 Å². The van der Waals surface area contributed by atoms with Crippen LogP contribution in [0.3, 0.4) is 0 Å². The van der Waals surface area contributed by atoms with Crippen LogP contribution in [0.4, 0.5) is 4.79 Å². The first-order valence-corrected chi connectivity index (χ1v) is 5.28. The first-order valence-electron chi connectivity index (χ1n) is 5.28. The molecule has 0 amide bonds. The molecule has 0 N–H and O–H groups in total. The van der Waals surface area contributed by atoms with Crippen LogP contribution >= 0.6 is 0 Å². The van der Waals surface area contributed by atoms with E-state index in [2.05, 4.69) is 10.9 Å². The number of terminal acetylenes is 1. The van der Waals surface area contributed by atoms with Crippen LogP contribution in [-0.4, -0.2) is 34.5 Å². The summed E-state index contributed by atoms with van der Waals surface area (Å²) in [7, 11) is 0. The molecule has 5 nitrogen and oxygen atoms in total. The van der Waals surface area contributed by atoms with E-state index in [1.165, 1.54) is 23.3 Å². The first-order chi connectivity index (χ1) is 8.05. The molecule has 0 saturated heterocycles. The molecule has 1 rings (SSSR count). The van der Waals surface area contributed by atoms with Gasteiger partial charge in [-0.2, -0.15) is 0 Å². The number of nitrogens with zero attached hydrogens (tertiary/aromatic N) is 2. The largest absolute Gasteiger partial charge is 0.443 e. The van der Waals surface area contributed by atoms with E-state index in [4.69, 9.17) is 15.9 Å². The Bertz CT molecular complexity index is 390. The van der Waals surface area contributed by atoms with Crippen molar-refractivity contribution in [2.45, 2.75) is 25.9 Å². The topological polar surface area (TPSA) is 53.4 Å². The maximum absolute atomic E-state index is 11.6. The van der Waals surface area contributed by atoms with Gasteiger partial charge in [0.25, 0.3) is 0 Å². The van der Waals surface area contributed by atoms with Crippen LogP contribution < -0.4 is 0 Å². The van der Waals surface area contributed by atoms with Gasteiger partial charge in [-0.1, -0.05) is 5.92 Å². The van der Waals surface area contributed by atoms with Gasteiger partial charge in [0.1, 0.15) is 18.5 Å². The molecule has 5 heteroatoms. The van der Waals surface area contributed by atoms with Crippen molar-refractivity contribution in [2.24, 2.45) is 0 Å². The summed E-state index contributed by atoms with van der Waals surface area (Å²) in [6, 6.07) is 0. The molecule has 0 aliphatic rings. The van der Waals surface area contributed by atoms with Crippen molar-refractivity contribution in [3.63, 3.8) is 0 Å². The molecule has 1 heterocycles. The van der Waals surface area contributed by atoms with Gasteiger partial charge in [0.05, 0.1) is 6.61 Å². The lowest BCUT2D eigenvalue weighted by Crippen LogP contribution is -2.31. The lowest BCUT2D eigenvalue weighted by Gasteiger charge is -2.24. The molecule has 0 spiro atoms. The molecule has 0 fully saturated rings. The Balaban J connectivity index is 2.38. The summed E-state index contributed by atoms with van der Waals surface area (Å²) in [4.78, 5) is 15.4. The second kappa shape index (κ2) is 6.06. The second-order valence-electron chi connectivity index (χ2n) is 4.10. The van der Waals surface area contributed by atoms with Crippen LogP contribution in [0.5, 0.6) is 0 Å². The Hall–Kier alpha value is -1.80. The van der Waals surface area contributed by atoms with Crippen molar-refractivity contribution in [1.29, 1.82) is 0 Å². The van der Waals surface area contributed by atoms with Crippen LogP contribution in [-0.2, 0) is 9.47 Å². The molecule has 0 unspecified atom stereocenters. The molecule has 0 atom stereocenters. The van der Waals surface area contributed by atoms with Gasteiger partial charge < -0.3 is 9.47 Å². The van der Waals surface area contributed by atoms with Gasteiger partial charge in [-0.25, -0.2) is 14.3 Å². The van der Waals surface area contributed by atoms with Crippen molar-refractivity contribution < 1.29 is 14.3 Å². The third kappa shape index (κ3) is 4.70. The normalized spacial score (nSPS) is 10.9. The number of ether oxygens (including phenoxy) is 2. The van der Waals surface area contributed by atoms with E-state index in [1.54, 1.807) is 0 Å². The minimum absolute atomic E-state index is 0.269. The number of rotatable bonds is 5. The van der Waals surface area contributed by atoms with Gasteiger partial charge in [0, 0.05) is 18.8 Å². The summed E-state index contributed by atoms with van der Waals surface area (Å²) in [6.07, 6.45) is 9.63. The quantitative estimate of drug-likeness (QED) is 0.576. The third-order valence-corrected chi connectivity index (χ3v) is 2.11. The first kappa shape index (κ1) is 13.3. The molecule has 1 aromatic heterocycles. The zero-order chi connectivity index (χ0) is 12.7. The van der Waals surface area contributed by atoms with Crippen LogP contribution in [0.2, 0.25) is 0 Å². The lowest BCUT2D eigenvalue weighted by molar-refractivity contribution is 0.0122. The summed E-state index contributed by atoms with van der Waals surface area (Å²) in [5.74, 6) is 2.37. The highest BCUT2D eigenvalue weighted by molar-refractivity contribution is 5.70. The highest BCUT2D eigenvalue weighted by atomic mass is 16.6. The molecular formula is C12H16N2O3. The van der Waals surface area contributed by atoms with Crippen molar-refractivity contribution >= 4 is 6.09 Å². The number of hydrogen-bond donors (Lipinski definition) is 0. The van der Waals surface area contributed by atoms with Crippen LogP contribution in [0.1, 0.15) is 20.3 Å². The molecule has 0 saturated carbocycles. The zero-order valence-corrected chi connectivity index (χ0v) is 10.0. The Kier molecular flexibility index (Phi) is 4.73. The fourth-order valence-corrected chi connectivity index (χ4v) is 1.16. The second-order valence-corrected chi connectivity index (χ2v) is 4.10. The summed E-state index contributed by atoms with van der Waals surface area (Å²) in [5, 5.41) is 0. The summed E-state index contributed by atoms with van der Waals surface area (Å²) in [6.45, 7) is 4.36. The minimum Gasteiger partial charge on any atom is -0.443 e. The van der Waals surface area contributed by atoms with Crippen molar-refractivity contribution in [3.8, 4) is 12.3 Å². The van der Waals surface area contributed by atoms with Gasteiger partial charge in [-0.05, 0) is 13.8 Å². The SMILES string of the molecule is C#CCOCCC(C)(C)OC(=O)n1ccnc1. The lowest BCUT2D eigenvalue weighted by atomic mass is 10.1. The maximum atomic E-state index is 11.6. The fraction of sp³-hybridized carbons (Fsp3) is 0.500. The highest BCUT2D eigenvalue weighted by Crippen LogP contribution is 2.15. The van der Waals surface area contributed by atoms with Crippen LogP contribution in [0, 0.1) is 12.3 Å². The fourth-order valence-electron chi connectivity index (χ4n) is 1.16. The van der Waals surface area contributed by atoms with Gasteiger partial charge in [0.2, 0.25) is 0 Å². The Morgan fingerprint density at radius 3 is 2.94 bits per heavy atom. The summed E-state index contributed by atoms with van der Waals surface area (Å²) < 4.78 is 11.7. The average Bonchev–Trinajstić information content (AvgIpc) is 2.77. The van der Waals surface area contributed by atoms with E-state index in [-0.39, 0.29) is 6.61 Å². The van der Waals surface area contributed by atoms with E-state index in [9.17, 15) is 4.79 Å². The molecule has 0 radical (unpaired) electrons. The number of carbonyl (C=O) groups excluding carboxylic acids is 1. The number of carbonyl (C=O) groups is 1. The molecule has 92 valence electrons. The van der Waals surface area contributed by atoms with E-state index in [0.29, 0.717) is 13.0 Å². The molecule has 1 aromatic rings. The summed E-state index contributed by atoms with van der Waals surface area (Å²) in [5.41, 5.74) is -0.601. The monoisotopic (exact) mass is 236 g/mol. The maximum Gasteiger partial charge on any atom is 0.419 e. The van der Waals surface area contributed by atoms with E-state index < -0.39 is 11.7 Å². The molecule has 0 aromatic carbocycles. The number of imidazole rings is 1. The van der Waals surface area contributed by atoms with E-state index in [0.717, 1.165) is 0 Å². The third-order valence-electron chi connectivity index (χ3n) is 2.11. The van der Waals surface area contributed by atoms with Crippen molar-refractivity contribution in [2.75, 3.05) is 13.2 Å². The van der Waals surface area contributed by atoms with E-state index in [1.807, 2.05) is 13.8 Å². The summed E-state index contributed by atoms with van der Waals surface area (Å²) >= 11 is 0. The number of hydrogen-bond acceptors (Lipinski definition) is 4. The minimum atomic E-state index is -0.601. The Labute approximate surface area is 101 Å². The number of aromatic nitrogens is 2. The van der Waals surface area contributed by atoms with Gasteiger partial charge in [0.15, 0.2) is 0 Å². The van der Waals surface area contributed by atoms with Gasteiger partial charge in [-0.3, -0.25) is 0 Å². The molecule has 0 aliphatic carbocycles.